The van der Waals surface area contributed by atoms with Crippen molar-refractivity contribution in [2.45, 2.75) is 51.5 Å². The van der Waals surface area contributed by atoms with E-state index in [1.54, 1.807) is 12.1 Å². The zero-order chi connectivity index (χ0) is 19.3. The second-order valence-corrected chi connectivity index (χ2v) is 9.24. The molecule has 1 atom stereocenters. The molecule has 1 amide bonds. The van der Waals surface area contributed by atoms with Crippen molar-refractivity contribution in [1.29, 1.82) is 0 Å². The molecule has 142 valence electrons. The fraction of sp³-hybridized carbons (Fsp3) is 0.471. The minimum absolute atomic E-state index is 0.132. The van der Waals surface area contributed by atoms with Crippen LogP contribution in [0.4, 0.5) is 5.13 Å². The Morgan fingerprint density at radius 1 is 1.19 bits per heavy atom. The first kappa shape index (κ1) is 20.5. The predicted molar refractivity (Wildman–Crippen MR) is 103 cm³/mol. The highest BCUT2D eigenvalue weighted by Gasteiger charge is 2.27. The van der Waals surface area contributed by atoms with Crippen molar-refractivity contribution in [1.82, 2.24) is 14.9 Å². The molecule has 0 saturated heterocycles. The Labute approximate surface area is 158 Å². The number of nitrogens with one attached hydrogen (secondary N) is 2. The van der Waals surface area contributed by atoms with Crippen LogP contribution in [0.3, 0.4) is 0 Å². The van der Waals surface area contributed by atoms with E-state index in [9.17, 15) is 13.2 Å². The number of rotatable bonds is 8. The Morgan fingerprint density at radius 2 is 1.85 bits per heavy atom. The van der Waals surface area contributed by atoms with Crippen LogP contribution in [0.15, 0.2) is 29.2 Å². The predicted octanol–water partition coefficient (Wildman–Crippen LogP) is 2.74. The largest absolute Gasteiger partial charge is 0.299 e. The Bertz CT molecular complexity index is 845. The maximum atomic E-state index is 12.6. The van der Waals surface area contributed by atoms with Crippen LogP contribution in [0.1, 0.15) is 37.8 Å². The van der Waals surface area contributed by atoms with Crippen molar-refractivity contribution < 1.29 is 13.2 Å². The van der Waals surface area contributed by atoms with Crippen molar-refractivity contribution in [3.63, 3.8) is 0 Å². The minimum atomic E-state index is -3.80. The van der Waals surface area contributed by atoms with Gasteiger partial charge in [0.2, 0.25) is 21.1 Å². The van der Waals surface area contributed by atoms with Gasteiger partial charge in [-0.15, -0.1) is 10.2 Å². The van der Waals surface area contributed by atoms with Crippen LogP contribution in [0.25, 0.3) is 0 Å². The van der Waals surface area contributed by atoms with E-state index in [0.29, 0.717) is 11.6 Å². The number of carbonyl (C=O) groups is 1. The molecule has 0 fully saturated rings. The van der Waals surface area contributed by atoms with Gasteiger partial charge in [0.1, 0.15) is 11.0 Å². The molecule has 7 nitrogen and oxygen atoms in total. The van der Waals surface area contributed by atoms with E-state index in [-0.39, 0.29) is 10.8 Å². The summed E-state index contributed by atoms with van der Waals surface area (Å²) in [5, 5.41) is 11.7. The summed E-state index contributed by atoms with van der Waals surface area (Å²) in [5.41, 5.74) is 0.962. The number of hydrogen-bond donors (Lipinski definition) is 2. The van der Waals surface area contributed by atoms with Crippen molar-refractivity contribution in [2.75, 3.05) is 5.32 Å². The normalized spacial score (nSPS) is 13.0. The third-order valence-electron chi connectivity index (χ3n) is 3.65. The van der Waals surface area contributed by atoms with E-state index in [1.807, 2.05) is 27.7 Å². The van der Waals surface area contributed by atoms with Crippen molar-refractivity contribution in [3.05, 3.63) is 34.8 Å². The van der Waals surface area contributed by atoms with Gasteiger partial charge in [0.05, 0.1) is 4.90 Å². The lowest BCUT2D eigenvalue weighted by atomic mass is 10.0. The highest BCUT2D eigenvalue weighted by Crippen LogP contribution is 2.18. The number of sulfonamides is 1. The lowest BCUT2D eigenvalue weighted by Crippen LogP contribution is -2.44. The van der Waals surface area contributed by atoms with Gasteiger partial charge in [0.25, 0.3) is 0 Å². The molecule has 1 heterocycles. The van der Waals surface area contributed by atoms with Crippen molar-refractivity contribution in [2.24, 2.45) is 5.92 Å². The van der Waals surface area contributed by atoms with Gasteiger partial charge in [-0.25, -0.2) is 8.42 Å². The monoisotopic (exact) mass is 396 g/mol. The summed E-state index contributed by atoms with van der Waals surface area (Å²) in [5.74, 6) is -0.305. The smallest absolute Gasteiger partial charge is 0.244 e. The second kappa shape index (κ2) is 8.70. The topological polar surface area (TPSA) is 101 Å². The molecular weight excluding hydrogens is 372 g/mol. The molecule has 0 aliphatic heterocycles. The molecule has 0 aliphatic carbocycles. The minimum Gasteiger partial charge on any atom is -0.299 e. The summed E-state index contributed by atoms with van der Waals surface area (Å²) in [4.78, 5) is 12.7. The summed E-state index contributed by atoms with van der Waals surface area (Å²) < 4.78 is 27.8. The van der Waals surface area contributed by atoms with E-state index >= 15 is 0 Å². The summed E-state index contributed by atoms with van der Waals surface area (Å²) in [6.45, 7) is 7.69. The number of anilines is 1. The molecule has 0 bridgehead atoms. The SMILES string of the molecule is CCc1nnc(NC(=O)[C@H](CC(C)C)NS(=O)(=O)c2ccc(C)cc2)s1. The van der Waals surface area contributed by atoms with Crippen molar-refractivity contribution in [3.8, 4) is 0 Å². The molecule has 2 aromatic rings. The Kier molecular flexibility index (Phi) is 6.85. The van der Waals surface area contributed by atoms with Gasteiger partial charge in [0.15, 0.2) is 0 Å². The maximum absolute atomic E-state index is 12.6. The lowest BCUT2D eigenvalue weighted by Gasteiger charge is -2.19. The molecule has 0 radical (unpaired) electrons. The summed E-state index contributed by atoms with van der Waals surface area (Å²) in [6.07, 6.45) is 1.10. The van der Waals surface area contributed by atoms with E-state index in [2.05, 4.69) is 20.2 Å². The number of carbonyl (C=O) groups excluding carboxylic acids is 1. The van der Waals surface area contributed by atoms with Crippen LogP contribution in [-0.4, -0.2) is 30.6 Å². The van der Waals surface area contributed by atoms with Crippen LogP contribution < -0.4 is 10.0 Å². The molecule has 0 unspecified atom stereocenters. The van der Waals surface area contributed by atoms with E-state index < -0.39 is 22.0 Å². The zero-order valence-corrected chi connectivity index (χ0v) is 16.9. The molecule has 1 aromatic heterocycles. The Hall–Kier alpha value is -1.84. The van der Waals surface area contributed by atoms with Crippen LogP contribution in [0, 0.1) is 12.8 Å². The number of aromatic nitrogens is 2. The molecule has 2 N–H and O–H groups in total. The first-order valence-electron chi connectivity index (χ1n) is 8.43. The summed E-state index contributed by atoms with van der Waals surface area (Å²) in [6, 6.07) is 5.61. The third kappa shape index (κ3) is 5.58. The maximum Gasteiger partial charge on any atom is 0.244 e. The summed E-state index contributed by atoms with van der Waals surface area (Å²) >= 11 is 1.28. The highest BCUT2D eigenvalue weighted by molar-refractivity contribution is 7.89. The fourth-order valence-corrected chi connectivity index (χ4v) is 4.18. The standard InChI is InChI=1S/C17H24N4O3S2/c1-5-15-19-20-17(25-15)18-16(22)14(10-11(2)3)21-26(23,24)13-8-6-12(4)7-9-13/h6-9,11,14,21H,5,10H2,1-4H3,(H,18,20,22)/t14-/m0/s1. The average molecular weight is 397 g/mol. The quantitative estimate of drug-likeness (QED) is 0.714. The Morgan fingerprint density at radius 3 is 2.38 bits per heavy atom. The molecule has 26 heavy (non-hydrogen) atoms. The first-order chi connectivity index (χ1) is 12.2. The number of amides is 1. The Balaban J connectivity index is 2.17. The van der Waals surface area contributed by atoms with Crippen LogP contribution in [-0.2, 0) is 21.2 Å². The molecule has 2 rings (SSSR count). The van der Waals surface area contributed by atoms with E-state index in [0.717, 1.165) is 17.0 Å². The molecule has 9 heteroatoms. The highest BCUT2D eigenvalue weighted by atomic mass is 32.2. The molecule has 0 saturated carbocycles. The molecule has 0 aliphatic rings. The van der Waals surface area contributed by atoms with Gasteiger partial charge in [-0.3, -0.25) is 10.1 Å². The van der Waals surface area contributed by atoms with Gasteiger partial charge in [-0.1, -0.05) is 49.8 Å². The van der Waals surface area contributed by atoms with Crippen LogP contribution in [0.5, 0.6) is 0 Å². The average Bonchev–Trinajstić information content (AvgIpc) is 3.01. The fourth-order valence-electron chi connectivity index (χ4n) is 2.29. The van der Waals surface area contributed by atoms with Crippen LogP contribution in [0.2, 0.25) is 0 Å². The lowest BCUT2D eigenvalue weighted by molar-refractivity contribution is -0.118. The molecule has 1 aromatic carbocycles. The molecular formula is C17H24N4O3S2. The number of aryl methyl sites for hydroxylation is 2. The van der Waals surface area contributed by atoms with E-state index in [4.69, 9.17) is 0 Å². The van der Waals surface area contributed by atoms with Gasteiger partial charge >= 0.3 is 0 Å². The number of nitrogens with zero attached hydrogens (tertiary/aromatic N) is 2. The second-order valence-electron chi connectivity index (χ2n) is 6.46. The molecule has 0 spiro atoms. The third-order valence-corrected chi connectivity index (χ3v) is 6.12. The van der Waals surface area contributed by atoms with E-state index in [1.165, 1.54) is 23.5 Å². The van der Waals surface area contributed by atoms with Crippen molar-refractivity contribution >= 4 is 32.4 Å². The van der Waals surface area contributed by atoms with Gasteiger partial charge in [0, 0.05) is 0 Å². The first-order valence-corrected chi connectivity index (χ1v) is 10.7. The van der Waals surface area contributed by atoms with Gasteiger partial charge in [-0.2, -0.15) is 4.72 Å². The van der Waals surface area contributed by atoms with Gasteiger partial charge in [-0.05, 0) is 37.8 Å². The summed E-state index contributed by atoms with van der Waals surface area (Å²) in [7, 11) is -3.80. The zero-order valence-electron chi connectivity index (χ0n) is 15.3. The van der Waals surface area contributed by atoms with Crippen LogP contribution >= 0.6 is 11.3 Å². The van der Waals surface area contributed by atoms with Gasteiger partial charge < -0.3 is 0 Å². The number of hydrogen-bond acceptors (Lipinski definition) is 6. The number of benzene rings is 1.